The molecule has 0 nitrogen and oxygen atoms in total. The van der Waals surface area contributed by atoms with Gasteiger partial charge in [0, 0.05) is 0 Å². The molecule has 0 unspecified atom stereocenters. The summed E-state index contributed by atoms with van der Waals surface area (Å²) in [5.41, 5.74) is 0. The fourth-order valence-corrected chi connectivity index (χ4v) is 0.273. The van der Waals surface area contributed by atoms with Crippen LogP contribution in [0.1, 0.15) is 6.92 Å². The molecule has 0 rings (SSSR count). The van der Waals surface area contributed by atoms with Crippen molar-refractivity contribution in [2.45, 2.75) is 6.92 Å². The summed E-state index contributed by atoms with van der Waals surface area (Å²) in [6.45, 7) is 1.97. The summed E-state index contributed by atoms with van der Waals surface area (Å²) >= 11 is 3.49. The van der Waals surface area contributed by atoms with E-state index in [9.17, 15) is 0 Å². The molecule has 0 aromatic rings. The first-order valence-corrected chi connectivity index (χ1v) is 2.42. The first-order chi connectivity index (χ1) is 2.91. The SMILES string of the molecule is C/C=C/C=[CH]/[Fe]. The molecule has 0 saturated carbocycles. The molecule has 0 saturated heterocycles. The zero-order chi connectivity index (χ0) is 4.83. The molecule has 1 heteroatoms. The predicted octanol–water partition coefficient (Wildman–Crippen LogP) is 1.62. The molecule has 0 amide bonds. The van der Waals surface area contributed by atoms with Crippen molar-refractivity contribution < 1.29 is 16.0 Å². The van der Waals surface area contributed by atoms with E-state index < -0.39 is 0 Å². The first kappa shape index (κ1) is 6.00. The van der Waals surface area contributed by atoms with Crippen molar-refractivity contribution >= 4 is 0 Å². The van der Waals surface area contributed by atoms with Crippen molar-refractivity contribution in [3.8, 4) is 0 Å². The van der Waals surface area contributed by atoms with E-state index in [0.717, 1.165) is 0 Å². The average molecular weight is 123 g/mol. The molecule has 0 heterocycles. The molecule has 0 fully saturated rings. The normalized spacial score (nSPS) is 11.7. The van der Waals surface area contributed by atoms with Gasteiger partial charge in [-0.15, -0.1) is 0 Å². The fraction of sp³-hybridized carbons (Fsp3) is 0.200. The Morgan fingerprint density at radius 2 is 2.00 bits per heavy atom. The Morgan fingerprint density at radius 3 is 2.17 bits per heavy atom. The predicted molar refractivity (Wildman–Crippen MR) is 24.0 cm³/mol. The summed E-state index contributed by atoms with van der Waals surface area (Å²) in [7, 11) is 0. The zero-order valence-electron chi connectivity index (χ0n) is 3.66. The number of hydrogen-bond donors (Lipinski definition) is 0. The van der Waals surface area contributed by atoms with Crippen LogP contribution in [0.3, 0.4) is 0 Å². The Hall–Kier alpha value is -0.000519. The van der Waals surface area contributed by atoms with Crippen LogP contribution in [0.25, 0.3) is 0 Å². The second kappa shape index (κ2) is 5.00. The third-order valence-corrected chi connectivity index (χ3v) is 0.584. The molecule has 0 aliphatic heterocycles. The van der Waals surface area contributed by atoms with Crippen LogP contribution in [0, 0.1) is 0 Å². The topological polar surface area (TPSA) is 0 Å². The van der Waals surface area contributed by atoms with Gasteiger partial charge in [0.2, 0.25) is 0 Å². The second-order valence-electron chi connectivity index (χ2n) is 0.836. The quantitative estimate of drug-likeness (QED) is 0.367. The molecule has 0 spiro atoms. The van der Waals surface area contributed by atoms with Gasteiger partial charge in [-0.3, -0.25) is 0 Å². The molecule has 0 bridgehead atoms. The minimum absolute atomic E-state index is 1.75. The summed E-state index contributed by atoms with van der Waals surface area (Å²) in [5.74, 6) is 0. The van der Waals surface area contributed by atoms with Gasteiger partial charge in [0.15, 0.2) is 0 Å². The number of hydrogen-bond acceptors (Lipinski definition) is 0. The van der Waals surface area contributed by atoms with E-state index in [2.05, 4.69) is 16.0 Å². The van der Waals surface area contributed by atoms with Gasteiger partial charge in [-0.2, -0.15) is 0 Å². The monoisotopic (exact) mass is 123 g/mol. The van der Waals surface area contributed by atoms with Crippen molar-refractivity contribution in [1.29, 1.82) is 0 Å². The van der Waals surface area contributed by atoms with Gasteiger partial charge < -0.3 is 0 Å². The Bertz CT molecular complexity index is 52.3. The van der Waals surface area contributed by atoms with Crippen LogP contribution in [0.4, 0.5) is 0 Å². The van der Waals surface area contributed by atoms with Gasteiger partial charge in [0.25, 0.3) is 0 Å². The van der Waals surface area contributed by atoms with E-state index in [1.165, 1.54) is 0 Å². The molecule has 0 atom stereocenters. The molecule has 35 valence electrons. The molecular weight excluding hydrogens is 116 g/mol. The van der Waals surface area contributed by atoms with Gasteiger partial charge >= 0.3 is 46.1 Å². The van der Waals surface area contributed by atoms with Crippen LogP contribution in [0.5, 0.6) is 0 Å². The second-order valence-corrected chi connectivity index (χ2v) is 1.20. The van der Waals surface area contributed by atoms with Gasteiger partial charge in [0.05, 0.1) is 0 Å². The first-order valence-electron chi connectivity index (χ1n) is 1.78. The minimum atomic E-state index is 1.75. The molecule has 0 N–H and O–H groups in total. The van der Waals surface area contributed by atoms with Gasteiger partial charge in [-0.1, -0.05) is 0 Å². The van der Waals surface area contributed by atoms with Crippen LogP contribution in [-0.4, -0.2) is 0 Å². The summed E-state index contributed by atoms with van der Waals surface area (Å²) in [6, 6.07) is 0. The summed E-state index contributed by atoms with van der Waals surface area (Å²) in [5, 5.41) is 0. The number of allylic oxidation sites excluding steroid dienone is 3. The Kier molecular flexibility index (Phi) is 5.00. The van der Waals surface area contributed by atoms with Crippen molar-refractivity contribution in [2.24, 2.45) is 0 Å². The Morgan fingerprint density at radius 1 is 1.33 bits per heavy atom. The van der Waals surface area contributed by atoms with E-state index in [4.69, 9.17) is 0 Å². The van der Waals surface area contributed by atoms with E-state index in [1.807, 2.05) is 25.2 Å². The van der Waals surface area contributed by atoms with Gasteiger partial charge in [-0.05, 0) is 0 Å². The molecule has 0 aromatic heterocycles. The Labute approximate surface area is 46.8 Å². The number of rotatable bonds is 1. The summed E-state index contributed by atoms with van der Waals surface area (Å²) in [6.07, 6.45) is 5.79. The molecular formula is C5H7Fe. The molecule has 0 aliphatic rings. The van der Waals surface area contributed by atoms with Gasteiger partial charge in [0.1, 0.15) is 0 Å². The van der Waals surface area contributed by atoms with Gasteiger partial charge in [-0.25, -0.2) is 0 Å². The maximum atomic E-state index is 3.49. The molecule has 0 aliphatic carbocycles. The van der Waals surface area contributed by atoms with E-state index >= 15 is 0 Å². The van der Waals surface area contributed by atoms with Crippen molar-refractivity contribution in [2.75, 3.05) is 0 Å². The van der Waals surface area contributed by atoms with Crippen LogP contribution >= 0.6 is 0 Å². The third kappa shape index (κ3) is 4.00. The fourth-order valence-electron chi connectivity index (χ4n) is 0.150. The summed E-state index contributed by atoms with van der Waals surface area (Å²) in [4.78, 5) is 1.75. The van der Waals surface area contributed by atoms with Crippen LogP contribution in [0.2, 0.25) is 0 Å². The average Bonchev–Trinajstić information content (AvgIpc) is 1.61. The standard InChI is InChI=1S/C5H7.Fe/c1-3-5-4-2;/h1,3-5H,2H3;/b3-1?,5-4+;. The summed E-state index contributed by atoms with van der Waals surface area (Å²) < 4.78 is 0. The van der Waals surface area contributed by atoms with E-state index in [1.54, 1.807) is 4.97 Å². The molecule has 6 heavy (non-hydrogen) atoms. The van der Waals surface area contributed by atoms with Crippen LogP contribution in [0.15, 0.2) is 23.2 Å². The van der Waals surface area contributed by atoms with E-state index in [-0.39, 0.29) is 0 Å². The Balaban J connectivity index is 3.07. The van der Waals surface area contributed by atoms with Crippen LogP contribution < -0.4 is 0 Å². The molecule has 0 radical (unpaired) electrons. The zero-order valence-corrected chi connectivity index (χ0v) is 4.77. The van der Waals surface area contributed by atoms with E-state index in [0.29, 0.717) is 0 Å². The van der Waals surface area contributed by atoms with Crippen molar-refractivity contribution in [1.82, 2.24) is 0 Å². The van der Waals surface area contributed by atoms with Crippen molar-refractivity contribution in [3.05, 3.63) is 23.2 Å². The third-order valence-electron chi connectivity index (χ3n) is 0.372. The maximum absolute atomic E-state index is 3.49. The van der Waals surface area contributed by atoms with Crippen LogP contribution in [-0.2, 0) is 16.0 Å². The molecule has 0 aromatic carbocycles. The van der Waals surface area contributed by atoms with Crippen molar-refractivity contribution in [3.63, 3.8) is 0 Å².